The monoisotopic (exact) mass is 477 g/mol. The van der Waals surface area contributed by atoms with Gasteiger partial charge in [0.1, 0.15) is 30.3 Å². The van der Waals surface area contributed by atoms with Crippen LogP contribution in [-0.2, 0) is 25.4 Å². The van der Waals surface area contributed by atoms with Gasteiger partial charge in [0.2, 0.25) is 0 Å². The van der Waals surface area contributed by atoms with Gasteiger partial charge >= 0.3 is 12.1 Å². The lowest BCUT2D eigenvalue weighted by atomic mass is 9.78. The summed E-state index contributed by atoms with van der Waals surface area (Å²) in [4.78, 5) is 27.4. The van der Waals surface area contributed by atoms with Crippen molar-refractivity contribution in [3.63, 3.8) is 0 Å². The number of nitrogens with zero attached hydrogens (tertiary/aromatic N) is 1. The molecule has 34 heavy (non-hydrogen) atoms. The molecule has 7 heteroatoms. The summed E-state index contributed by atoms with van der Waals surface area (Å²) < 4.78 is 30.1. The molecule has 1 fully saturated rings. The first-order valence-electron chi connectivity index (χ1n) is 12.1. The van der Waals surface area contributed by atoms with Crippen LogP contribution in [0.3, 0.4) is 0 Å². The van der Waals surface area contributed by atoms with Crippen molar-refractivity contribution in [1.82, 2.24) is 4.90 Å². The highest BCUT2D eigenvalue weighted by molar-refractivity contribution is 5.81. The Kier molecular flexibility index (Phi) is 10.5. The maximum absolute atomic E-state index is 13.4. The molecule has 190 valence electrons. The van der Waals surface area contributed by atoms with Crippen LogP contribution < -0.4 is 0 Å². The number of hydrogen-bond acceptors (Lipinski definition) is 5. The Hall–Kier alpha value is -2.41. The summed E-state index contributed by atoms with van der Waals surface area (Å²) in [6.45, 7) is 11.0. The Morgan fingerprint density at radius 2 is 1.94 bits per heavy atom. The van der Waals surface area contributed by atoms with E-state index in [1.165, 1.54) is 24.1 Å². The summed E-state index contributed by atoms with van der Waals surface area (Å²) in [7, 11) is 1.48. The van der Waals surface area contributed by atoms with E-state index in [0.29, 0.717) is 6.42 Å². The largest absolute Gasteiger partial charge is 0.461 e. The zero-order chi connectivity index (χ0) is 25.3. The number of rotatable bonds is 8. The molecule has 0 unspecified atom stereocenters. The fourth-order valence-electron chi connectivity index (χ4n) is 4.61. The topological polar surface area (TPSA) is 65.1 Å². The van der Waals surface area contributed by atoms with Crippen LogP contribution in [0.4, 0.5) is 9.18 Å². The second kappa shape index (κ2) is 12.9. The van der Waals surface area contributed by atoms with Gasteiger partial charge in [-0.25, -0.2) is 14.0 Å². The summed E-state index contributed by atoms with van der Waals surface area (Å²) in [5, 5.41) is 0. The Morgan fingerprint density at radius 1 is 1.26 bits per heavy atom. The van der Waals surface area contributed by atoms with E-state index in [1.807, 2.05) is 25.1 Å². The van der Waals surface area contributed by atoms with E-state index in [-0.39, 0.29) is 30.5 Å². The van der Waals surface area contributed by atoms with Crippen LogP contribution in [0.25, 0.3) is 0 Å². The van der Waals surface area contributed by atoms with Crippen molar-refractivity contribution in [2.24, 2.45) is 11.8 Å². The number of carbonyl (C=O) groups excluding carboxylic acids is 2. The highest BCUT2D eigenvalue weighted by Gasteiger charge is 2.38. The molecule has 4 atom stereocenters. The summed E-state index contributed by atoms with van der Waals surface area (Å²) in [5.74, 6) is -0.346. The Morgan fingerprint density at radius 3 is 2.53 bits per heavy atom. The Labute approximate surface area is 203 Å². The minimum absolute atomic E-state index is 0.0675. The third-order valence-corrected chi connectivity index (χ3v) is 6.22. The van der Waals surface area contributed by atoms with Crippen molar-refractivity contribution < 1.29 is 28.2 Å². The number of halogens is 1. The number of allylic oxidation sites excluding steroid dienone is 1. The standard InChI is InChI=1S/C27H40FNO5/c1-7-8-11-23-19(2)33-25(30)24(29(18-32-6)26(31)34-27(3,4)5)12-9-10-21(23)17-20-13-15-22(28)16-14-20/h7,13-16,19,21,23-24H,1,8-12,17-18H2,2-6H3/t19-,21+,23-,24-/m0/s1. The number of hydrogen-bond donors (Lipinski definition) is 0. The number of cyclic esters (lactones) is 1. The maximum atomic E-state index is 13.4. The smallest absolute Gasteiger partial charge is 0.412 e. The predicted octanol–water partition coefficient (Wildman–Crippen LogP) is 5.89. The average molecular weight is 478 g/mol. The lowest BCUT2D eigenvalue weighted by Crippen LogP contribution is -2.49. The van der Waals surface area contributed by atoms with Crippen molar-refractivity contribution in [2.75, 3.05) is 13.8 Å². The molecule has 1 aromatic carbocycles. The van der Waals surface area contributed by atoms with Gasteiger partial charge in [0.15, 0.2) is 0 Å². The molecule has 1 heterocycles. The van der Waals surface area contributed by atoms with Gasteiger partial charge in [-0.15, -0.1) is 6.58 Å². The molecule has 1 aromatic rings. The van der Waals surface area contributed by atoms with Gasteiger partial charge in [-0.3, -0.25) is 4.90 Å². The van der Waals surface area contributed by atoms with Crippen LogP contribution in [0.5, 0.6) is 0 Å². The second-order valence-corrected chi connectivity index (χ2v) is 10.1. The summed E-state index contributed by atoms with van der Waals surface area (Å²) in [6.07, 6.45) is 5.37. The third-order valence-electron chi connectivity index (χ3n) is 6.22. The molecule has 1 aliphatic rings. The summed E-state index contributed by atoms with van der Waals surface area (Å²) >= 11 is 0. The third kappa shape index (κ3) is 8.42. The molecular weight excluding hydrogens is 437 g/mol. The van der Waals surface area contributed by atoms with E-state index in [9.17, 15) is 14.0 Å². The lowest BCUT2D eigenvalue weighted by Gasteiger charge is -2.33. The van der Waals surface area contributed by atoms with E-state index in [0.717, 1.165) is 37.7 Å². The first kappa shape index (κ1) is 27.8. The molecule has 0 radical (unpaired) electrons. The number of amides is 1. The lowest BCUT2D eigenvalue weighted by molar-refractivity contribution is -0.159. The maximum Gasteiger partial charge on any atom is 0.412 e. The van der Waals surface area contributed by atoms with Crippen LogP contribution in [0.15, 0.2) is 36.9 Å². The van der Waals surface area contributed by atoms with E-state index >= 15 is 0 Å². The quantitative estimate of drug-likeness (QED) is 0.265. The number of ether oxygens (including phenoxy) is 3. The molecule has 0 bridgehead atoms. The number of carbonyl (C=O) groups is 2. The van der Waals surface area contributed by atoms with Crippen molar-refractivity contribution in [1.29, 1.82) is 0 Å². The summed E-state index contributed by atoms with van der Waals surface area (Å²) in [5.41, 5.74) is 0.355. The van der Waals surface area contributed by atoms with Crippen LogP contribution in [-0.4, -0.2) is 48.5 Å². The van der Waals surface area contributed by atoms with Gasteiger partial charge < -0.3 is 14.2 Å². The predicted molar refractivity (Wildman–Crippen MR) is 130 cm³/mol. The van der Waals surface area contributed by atoms with Crippen LogP contribution in [0.2, 0.25) is 0 Å². The molecule has 1 amide bonds. The second-order valence-electron chi connectivity index (χ2n) is 10.1. The number of methoxy groups -OCH3 is 1. The molecule has 2 rings (SSSR count). The van der Waals surface area contributed by atoms with Crippen molar-refractivity contribution in [2.45, 2.75) is 84.0 Å². The molecular formula is C27H40FNO5. The van der Waals surface area contributed by atoms with Gasteiger partial charge in [0.05, 0.1) is 0 Å². The van der Waals surface area contributed by atoms with Gasteiger partial charge in [0.25, 0.3) is 0 Å². The SMILES string of the molecule is C=CCC[C@@H]1[C@@H](Cc2ccc(F)cc2)CCC[C@H](N(COC)C(=O)OC(C)(C)C)C(=O)O[C@H]1C. The van der Waals surface area contributed by atoms with E-state index < -0.39 is 23.7 Å². The molecule has 0 saturated carbocycles. The van der Waals surface area contributed by atoms with Crippen molar-refractivity contribution >= 4 is 12.1 Å². The first-order valence-corrected chi connectivity index (χ1v) is 12.1. The molecule has 0 N–H and O–H groups in total. The number of esters is 1. The molecule has 1 saturated heterocycles. The first-order chi connectivity index (χ1) is 16.1. The number of benzene rings is 1. The fraction of sp³-hybridized carbons (Fsp3) is 0.630. The van der Waals surface area contributed by atoms with E-state index in [2.05, 4.69) is 6.58 Å². The molecule has 0 aromatic heterocycles. The van der Waals surface area contributed by atoms with E-state index in [1.54, 1.807) is 20.8 Å². The zero-order valence-corrected chi connectivity index (χ0v) is 21.2. The molecule has 1 aliphatic heterocycles. The van der Waals surface area contributed by atoms with Gasteiger partial charge in [0, 0.05) is 7.11 Å². The minimum atomic E-state index is -0.790. The molecule has 6 nitrogen and oxygen atoms in total. The van der Waals surface area contributed by atoms with Crippen LogP contribution in [0.1, 0.15) is 65.4 Å². The Balaban J connectivity index is 2.28. The summed E-state index contributed by atoms with van der Waals surface area (Å²) in [6, 6.07) is 5.80. The molecule has 0 spiro atoms. The van der Waals surface area contributed by atoms with Gasteiger partial charge in [-0.05, 0) is 89.3 Å². The van der Waals surface area contributed by atoms with Crippen LogP contribution >= 0.6 is 0 Å². The molecule has 0 aliphatic carbocycles. The highest BCUT2D eigenvalue weighted by Crippen LogP contribution is 2.34. The average Bonchev–Trinajstić information content (AvgIpc) is 2.80. The Bertz CT molecular complexity index is 804. The van der Waals surface area contributed by atoms with Gasteiger partial charge in [-0.2, -0.15) is 0 Å². The fourth-order valence-corrected chi connectivity index (χ4v) is 4.61. The highest BCUT2D eigenvalue weighted by atomic mass is 19.1. The normalized spacial score (nSPS) is 23.8. The zero-order valence-electron chi connectivity index (χ0n) is 21.2. The van der Waals surface area contributed by atoms with Crippen molar-refractivity contribution in [3.05, 3.63) is 48.3 Å². The van der Waals surface area contributed by atoms with E-state index in [4.69, 9.17) is 14.2 Å². The van der Waals surface area contributed by atoms with Crippen LogP contribution in [0, 0.1) is 17.7 Å². The van der Waals surface area contributed by atoms with Gasteiger partial charge in [-0.1, -0.05) is 24.6 Å². The minimum Gasteiger partial charge on any atom is -0.461 e. The van der Waals surface area contributed by atoms with Crippen molar-refractivity contribution in [3.8, 4) is 0 Å².